The zero-order chi connectivity index (χ0) is 14.4. The number of rotatable bonds is 5. The van der Waals surface area contributed by atoms with Crippen molar-refractivity contribution >= 4 is 11.4 Å². The number of hydrogen-bond acceptors (Lipinski definition) is 5. The summed E-state index contributed by atoms with van der Waals surface area (Å²) in [6, 6.07) is 6.38. The largest absolute Gasteiger partial charge is 0.379 e. The molecule has 2 N–H and O–H groups in total. The standard InChI is InChI=1S/C14H16N4O2/c15-10-12-1-2-13(14(9-12)18(19)20)17-8-5-11-3-6-16-7-4-11/h1-3,9,16-17H,4-8H2. The van der Waals surface area contributed by atoms with E-state index in [-0.39, 0.29) is 5.69 Å². The Bertz CT molecular complexity index is 575. The van der Waals surface area contributed by atoms with Crippen molar-refractivity contribution in [3.8, 4) is 6.07 Å². The number of nitro groups is 1. The highest BCUT2D eigenvalue weighted by molar-refractivity contribution is 5.64. The van der Waals surface area contributed by atoms with Gasteiger partial charge < -0.3 is 10.6 Å². The summed E-state index contributed by atoms with van der Waals surface area (Å²) < 4.78 is 0. The molecular formula is C14H16N4O2. The number of hydrogen-bond donors (Lipinski definition) is 2. The molecule has 0 aliphatic carbocycles. The van der Waals surface area contributed by atoms with Crippen molar-refractivity contribution < 1.29 is 4.92 Å². The molecule has 20 heavy (non-hydrogen) atoms. The smallest absolute Gasteiger partial charge is 0.293 e. The molecular weight excluding hydrogens is 256 g/mol. The van der Waals surface area contributed by atoms with E-state index in [9.17, 15) is 10.1 Å². The Hall–Kier alpha value is -2.39. The van der Waals surface area contributed by atoms with Crippen LogP contribution in [0.3, 0.4) is 0 Å². The quantitative estimate of drug-likeness (QED) is 0.487. The summed E-state index contributed by atoms with van der Waals surface area (Å²) in [6.07, 6.45) is 4.06. The van der Waals surface area contributed by atoms with E-state index in [1.54, 1.807) is 12.1 Å². The number of anilines is 1. The Balaban J connectivity index is 2.00. The first-order valence-electron chi connectivity index (χ1n) is 6.52. The van der Waals surface area contributed by atoms with Crippen molar-refractivity contribution in [1.29, 1.82) is 5.26 Å². The lowest BCUT2D eigenvalue weighted by Gasteiger charge is -2.14. The monoisotopic (exact) mass is 272 g/mol. The van der Waals surface area contributed by atoms with Gasteiger partial charge in [-0.2, -0.15) is 5.26 Å². The fourth-order valence-electron chi connectivity index (χ4n) is 2.16. The summed E-state index contributed by atoms with van der Waals surface area (Å²) >= 11 is 0. The Morgan fingerprint density at radius 3 is 3.00 bits per heavy atom. The first-order valence-corrected chi connectivity index (χ1v) is 6.52. The van der Waals surface area contributed by atoms with Crippen molar-refractivity contribution in [1.82, 2.24) is 5.32 Å². The molecule has 0 unspecified atom stereocenters. The molecule has 6 heteroatoms. The Kier molecular flexibility index (Phi) is 4.69. The van der Waals surface area contributed by atoms with Gasteiger partial charge in [-0.3, -0.25) is 10.1 Å². The predicted octanol–water partition coefficient (Wildman–Crippen LogP) is 2.19. The highest BCUT2D eigenvalue weighted by Gasteiger charge is 2.14. The molecule has 0 saturated heterocycles. The highest BCUT2D eigenvalue weighted by Crippen LogP contribution is 2.25. The van der Waals surface area contributed by atoms with Crippen LogP contribution in [0.1, 0.15) is 18.4 Å². The molecule has 0 atom stereocenters. The summed E-state index contributed by atoms with van der Waals surface area (Å²) in [5, 5.41) is 26.1. The fourth-order valence-corrected chi connectivity index (χ4v) is 2.16. The number of nitrogens with one attached hydrogen (secondary N) is 2. The van der Waals surface area contributed by atoms with Crippen LogP contribution in [-0.2, 0) is 0 Å². The zero-order valence-corrected chi connectivity index (χ0v) is 11.1. The van der Waals surface area contributed by atoms with Crippen LogP contribution in [0.4, 0.5) is 11.4 Å². The molecule has 0 spiro atoms. The third-order valence-corrected chi connectivity index (χ3v) is 3.24. The Labute approximate surface area is 117 Å². The predicted molar refractivity (Wildman–Crippen MR) is 76.5 cm³/mol. The summed E-state index contributed by atoms with van der Waals surface area (Å²) in [4.78, 5) is 10.5. The van der Waals surface area contributed by atoms with Gasteiger partial charge in [0, 0.05) is 19.2 Å². The summed E-state index contributed by atoms with van der Waals surface area (Å²) in [5.41, 5.74) is 2.07. The molecule has 1 aromatic rings. The molecule has 0 fully saturated rings. The van der Waals surface area contributed by atoms with Crippen LogP contribution < -0.4 is 10.6 Å². The first kappa shape index (κ1) is 14.0. The Morgan fingerprint density at radius 2 is 2.35 bits per heavy atom. The van der Waals surface area contributed by atoms with Crippen LogP contribution in [-0.4, -0.2) is 24.6 Å². The van der Waals surface area contributed by atoms with E-state index in [1.165, 1.54) is 11.6 Å². The van der Waals surface area contributed by atoms with Crippen LogP contribution in [0.2, 0.25) is 0 Å². The van der Waals surface area contributed by atoms with Gasteiger partial charge in [0.25, 0.3) is 5.69 Å². The molecule has 2 rings (SSSR count). The normalized spacial score (nSPS) is 14.2. The van der Waals surface area contributed by atoms with Gasteiger partial charge in [-0.15, -0.1) is 0 Å². The van der Waals surface area contributed by atoms with Gasteiger partial charge in [0.1, 0.15) is 5.69 Å². The maximum Gasteiger partial charge on any atom is 0.293 e. The molecule has 1 aromatic carbocycles. The van der Waals surface area contributed by atoms with Gasteiger partial charge in [-0.1, -0.05) is 11.6 Å². The first-order chi connectivity index (χ1) is 9.70. The van der Waals surface area contributed by atoms with Crippen molar-refractivity contribution in [2.75, 3.05) is 25.0 Å². The maximum atomic E-state index is 11.0. The second-order valence-electron chi connectivity index (χ2n) is 4.59. The molecule has 104 valence electrons. The van der Waals surface area contributed by atoms with E-state index in [1.807, 2.05) is 6.07 Å². The lowest BCUT2D eigenvalue weighted by molar-refractivity contribution is -0.384. The summed E-state index contributed by atoms with van der Waals surface area (Å²) in [6.45, 7) is 2.54. The van der Waals surface area contributed by atoms with Crippen molar-refractivity contribution in [2.24, 2.45) is 0 Å². The van der Waals surface area contributed by atoms with Gasteiger partial charge >= 0.3 is 0 Å². The minimum absolute atomic E-state index is 0.0525. The molecule has 1 heterocycles. The SMILES string of the molecule is N#Cc1ccc(NCCC2=CCNCC2)c([N+](=O)[O-])c1. The van der Waals surface area contributed by atoms with Crippen LogP contribution >= 0.6 is 0 Å². The van der Waals surface area contributed by atoms with E-state index in [4.69, 9.17) is 5.26 Å². The van der Waals surface area contributed by atoms with Crippen LogP contribution in [0.15, 0.2) is 29.8 Å². The van der Waals surface area contributed by atoms with E-state index < -0.39 is 4.92 Å². The fraction of sp³-hybridized carbons (Fsp3) is 0.357. The number of benzene rings is 1. The van der Waals surface area contributed by atoms with Crippen LogP contribution in [0, 0.1) is 21.4 Å². The van der Waals surface area contributed by atoms with E-state index in [0.29, 0.717) is 17.8 Å². The number of nitrogens with zero attached hydrogens (tertiary/aromatic N) is 2. The second-order valence-corrected chi connectivity index (χ2v) is 4.59. The minimum Gasteiger partial charge on any atom is -0.379 e. The Morgan fingerprint density at radius 1 is 1.50 bits per heavy atom. The van der Waals surface area contributed by atoms with Crippen LogP contribution in [0.25, 0.3) is 0 Å². The maximum absolute atomic E-state index is 11.0. The van der Waals surface area contributed by atoms with Crippen molar-refractivity contribution in [3.63, 3.8) is 0 Å². The summed E-state index contributed by atoms with van der Waals surface area (Å²) in [5.74, 6) is 0. The highest BCUT2D eigenvalue weighted by atomic mass is 16.6. The summed E-state index contributed by atoms with van der Waals surface area (Å²) in [7, 11) is 0. The third kappa shape index (κ3) is 3.56. The molecule has 0 amide bonds. The van der Waals surface area contributed by atoms with E-state index in [2.05, 4.69) is 16.7 Å². The molecule has 6 nitrogen and oxygen atoms in total. The number of nitriles is 1. The molecule has 0 bridgehead atoms. The lowest BCUT2D eigenvalue weighted by atomic mass is 10.1. The van der Waals surface area contributed by atoms with Crippen LogP contribution in [0.5, 0.6) is 0 Å². The molecule has 0 saturated carbocycles. The third-order valence-electron chi connectivity index (χ3n) is 3.24. The van der Waals surface area contributed by atoms with Gasteiger partial charge in [0.15, 0.2) is 0 Å². The zero-order valence-electron chi connectivity index (χ0n) is 11.1. The average Bonchev–Trinajstić information content (AvgIpc) is 2.48. The topological polar surface area (TPSA) is 91.0 Å². The number of nitro benzene ring substituents is 1. The lowest BCUT2D eigenvalue weighted by Crippen LogP contribution is -2.21. The second kappa shape index (κ2) is 6.68. The van der Waals surface area contributed by atoms with Gasteiger partial charge in [0.05, 0.1) is 16.6 Å². The minimum atomic E-state index is -0.465. The molecule has 0 aromatic heterocycles. The van der Waals surface area contributed by atoms with Gasteiger partial charge in [-0.05, 0) is 31.5 Å². The van der Waals surface area contributed by atoms with Crippen molar-refractivity contribution in [3.05, 3.63) is 45.5 Å². The molecule has 0 radical (unpaired) electrons. The van der Waals surface area contributed by atoms with Gasteiger partial charge in [-0.25, -0.2) is 0 Å². The average molecular weight is 272 g/mol. The van der Waals surface area contributed by atoms with E-state index in [0.717, 1.165) is 25.9 Å². The van der Waals surface area contributed by atoms with Gasteiger partial charge in [0.2, 0.25) is 0 Å². The molecule has 1 aliphatic rings. The molecule has 1 aliphatic heterocycles. The van der Waals surface area contributed by atoms with E-state index >= 15 is 0 Å². The van der Waals surface area contributed by atoms with Crippen molar-refractivity contribution in [2.45, 2.75) is 12.8 Å².